The Bertz CT molecular complexity index is 4790. The number of hydrogen-bond acceptors (Lipinski definition) is 1. The van der Waals surface area contributed by atoms with Crippen molar-refractivity contribution < 1.29 is 34.6 Å². The van der Waals surface area contributed by atoms with Crippen molar-refractivity contribution in [2.75, 3.05) is 0 Å². The Balaban J connectivity index is 1.19. The highest BCUT2D eigenvalue weighted by Gasteiger charge is 2.21. The molecule has 12 rings (SSSR count). The van der Waals surface area contributed by atoms with Crippen LogP contribution in [0.5, 0.6) is 0 Å². The quantitative estimate of drug-likeness (QED) is 0.164. The molecule has 0 amide bonds. The molecule has 0 fully saturated rings. The second-order valence-corrected chi connectivity index (χ2v) is 13.5. The van der Waals surface area contributed by atoms with Crippen LogP contribution in [0.15, 0.2) is 210 Å². The van der Waals surface area contributed by atoms with Gasteiger partial charge in [0.2, 0.25) is 0 Å². The van der Waals surface area contributed by atoms with E-state index in [0.717, 1.165) is 0 Å². The van der Waals surface area contributed by atoms with E-state index in [4.69, 9.17) is 26.3 Å². The van der Waals surface area contributed by atoms with Crippen LogP contribution in [0.4, 0.5) is 0 Å². The van der Waals surface area contributed by atoms with Crippen molar-refractivity contribution in [1.29, 1.82) is 0 Å². The van der Waals surface area contributed by atoms with Crippen LogP contribution in [-0.2, 0) is 0 Å². The summed E-state index contributed by atoms with van der Waals surface area (Å²) < 4.78 is 204. The van der Waals surface area contributed by atoms with Gasteiger partial charge in [-0.05, 0) is 135 Å². The number of furan rings is 1. The molecule has 0 saturated heterocycles. The van der Waals surface area contributed by atoms with Crippen LogP contribution in [0.1, 0.15) is 30.2 Å². The minimum absolute atomic E-state index is 0.0566. The van der Waals surface area contributed by atoms with Gasteiger partial charge >= 0.3 is 0 Å². The second-order valence-electron chi connectivity index (χ2n) is 13.5. The van der Waals surface area contributed by atoms with E-state index in [2.05, 4.69) is 0 Å². The zero-order valence-corrected chi connectivity index (χ0v) is 29.3. The molecule has 12 aromatic rings. The SMILES string of the molecule is [2H]c1c([2H])c([2H])c2c([2H])c(-c3ccc4c(c3)oc3ccc(-c5c(-c6c7c([2H])c([2H])c([2H])c([2H])c7c(-c7c([2H])c([2H])c8c([2H])c([2H])c([2H])c([2H])c8c7[2H])c7c([2H])c([2H])c([2H])c([2H])c67)ccc6ccccc56)cc34)c([2H])c([2H])c2c1[2H]. The van der Waals surface area contributed by atoms with E-state index in [1.165, 1.54) is 0 Å². The molecule has 1 heteroatoms. The van der Waals surface area contributed by atoms with Gasteiger partial charge in [0.15, 0.2) is 0 Å². The fraction of sp³-hybridized carbons (Fsp3) is 0. The maximum Gasteiger partial charge on any atom is 0.136 e. The van der Waals surface area contributed by atoms with Crippen LogP contribution < -0.4 is 0 Å². The molecule has 0 aliphatic rings. The van der Waals surface area contributed by atoms with Gasteiger partial charge in [-0.2, -0.15) is 0 Å². The largest absolute Gasteiger partial charge is 0.456 e. The van der Waals surface area contributed by atoms with E-state index in [-0.39, 0.29) is 66.2 Å². The molecular weight excluding hydrogens is 689 g/mol. The molecule has 0 bridgehead atoms. The third-order valence-electron chi connectivity index (χ3n) is 10.4. The van der Waals surface area contributed by atoms with Crippen LogP contribution in [0, 0.1) is 0 Å². The first-order valence-corrected chi connectivity index (χ1v) is 17.9. The number of benzene rings is 11. The lowest BCUT2D eigenvalue weighted by molar-refractivity contribution is 0.669. The Morgan fingerprint density at radius 1 is 0.316 bits per heavy atom. The lowest BCUT2D eigenvalue weighted by Crippen LogP contribution is -1.94. The molecule has 0 spiro atoms. The Morgan fingerprint density at radius 2 is 0.912 bits per heavy atom. The van der Waals surface area contributed by atoms with Gasteiger partial charge in [0.1, 0.15) is 11.2 Å². The minimum atomic E-state index is -0.800. The van der Waals surface area contributed by atoms with E-state index in [1.54, 1.807) is 54.6 Å². The molecule has 1 aromatic heterocycles. The highest BCUT2D eigenvalue weighted by atomic mass is 16.3. The molecular formula is C56H34O. The van der Waals surface area contributed by atoms with Crippen LogP contribution >= 0.6 is 0 Å². The molecule has 0 saturated carbocycles. The molecule has 0 unspecified atom stereocenters. The van der Waals surface area contributed by atoms with Gasteiger partial charge in [0.25, 0.3) is 0 Å². The van der Waals surface area contributed by atoms with E-state index in [9.17, 15) is 8.22 Å². The van der Waals surface area contributed by atoms with Crippen molar-refractivity contribution in [3.8, 4) is 44.5 Å². The number of hydrogen-bond donors (Lipinski definition) is 0. The smallest absolute Gasteiger partial charge is 0.136 e. The minimum Gasteiger partial charge on any atom is -0.456 e. The molecule has 1 nitrogen and oxygen atoms in total. The molecule has 57 heavy (non-hydrogen) atoms. The van der Waals surface area contributed by atoms with Crippen LogP contribution in [-0.4, -0.2) is 0 Å². The predicted octanol–water partition coefficient (Wildman–Crippen LogP) is 16.0. The molecule has 0 N–H and O–H groups in total. The summed E-state index contributed by atoms with van der Waals surface area (Å²) in [6, 6.07) is 6.25. The van der Waals surface area contributed by atoms with Gasteiger partial charge in [-0.3, -0.25) is 0 Å². The van der Waals surface area contributed by atoms with Crippen molar-refractivity contribution in [3.05, 3.63) is 206 Å². The summed E-state index contributed by atoms with van der Waals surface area (Å²) in [6.45, 7) is 0. The molecule has 1 heterocycles. The highest BCUT2D eigenvalue weighted by Crippen LogP contribution is 2.48. The van der Waals surface area contributed by atoms with Crippen molar-refractivity contribution in [3.63, 3.8) is 0 Å². The monoisotopic (exact) mass is 744 g/mol. The fourth-order valence-electron chi connectivity index (χ4n) is 7.86. The van der Waals surface area contributed by atoms with Crippen LogP contribution in [0.2, 0.25) is 0 Å². The van der Waals surface area contributed by atoms with Crippen LogP contribution in [0.3, 0.4) is 0 Å². The summed E-state index contributed by atoms with van der Waals surface area (Å²) in [5.74, 6) is 0. The molecule has 0 aliphatic carbocycles. The number of rotatable bonds is 4. The normalized spacial score (nSPS) is 17.3. The maximum absolute atomic E-state index is 9.68. The predicted molar refractivity (Wildman–Crippen MR) is 243 cm³/mol. The first kappa shape index (κ1) is 17.1. The molecule has 264 valence electrons. The lowest BCUT2D eigenvalue weighted by Gasteiger charge is -2.21. The Labute approximate surface area is 360 Å². The van der Waals surface area contributed by atoms with Gasteiger partial charge in [-0.1, -0.05) is 169 Å². The van der Waals surface area contributed by atoms with Crippen molar-refractivity contribution >= 4 is 75.8 Å². The maximum atomic E-state index is 9.68. The zero-order valence-electron chi connectivity index (χ0n) is 51.3. The molecule has 0 radical (unpaired) electrons. The summed E-state index contributed by atoms with van der Waals surface area (Å²) in [4.78, 5) is 0. The van der Waals surface area contributed by atoms with Gasteiger partial charge in [-0.25, -0.2) is 0 Å². The summed E-state index contributed by atoms with van der Waals surface area (Å²) in [5.41, 5.74) is 0.926. The van der Waals surface area contributed by atoms with E-state index in [1.807, 2.05) is 18.2 Å². The first-order valence-electron chi connectivity index (χ1n) is 28.9. The summed E-state index contributed by atoms with van der Waals surface area (Å²) in [6.07, 6.45) is 0. The second kappa shape index (κ2) is 12.5. The average Bonchev–Trinajstić information content (AvgIpc) is 2.89. The van der Waals surface area contributed by atoms with E-state index < -0.39 is 149 Å². The standard InChI is InChI=1S/C56H34O/c1-3-14-38-31-40(23-21-35(38)11-1)41-26-28-45-51-33-43(27-30-52(51)57-53(45)34-41)54-44-16-6-5-13-37(44)25-29-50(54)56-48-19-9-7-17-46(48)55(47-18-8-10-20-49(47)56)42-24-22-36-12-2-4-15-39(36)32-42/h1-34H/i1D,2D,3D,4D,7D,8D,9D,10D,11D,12D,14D,15D,17D,18D,19D,20D,21D,22D,23D,24D,31D,32D. The van der Waals surface area contributed by atoms with Gasteiger partial charge in [0.05, 0.1) is 30.2 Å². The van der Waals surface area contributed by atoms with Crippen LogP contribution in [0.25, 0.3) is 120 Å². The van der Waals surface area contributed by atoms with Crippen molar-refractivity contribution in [2.24, 2.45) is 0 Å². The summed E-state index contributed by atoms with van der Waals surface area (Å²) >= 11 is 0. The highest BCUT2D eigenvalue weighted by molar-refractivity contribution is 6.24. The Morgan fingerprint density at radius 3 is 1.63 bits per heavy atom. The van der Waals surface area contributed by atoms with E-state index >= 15 is 0 Å². The van der Waals surface area contributed by atoms with E-state index in [0.29, 0.717) is 38.3 Å². The molecule has 11 aromatic carbocycles. The fourth-order valence-corrected chi connectivity index (χ4v) is 7.86. The third-order valence-corrected chi connectivity index (χ3v) is 10.4. The zero-order chi connectivity index (χ0) is 56.6. The Hall–Kier alpha value is -7.48. The van der Waals surface area contributed by atoms with Gasteiger partial charge in [-0.15, -0.1) is 0 Å². The topological polar surface area (TPSA) is 13.1 Å². The third kappa shape index (κ3) is 5.03. The number of fused-ring (bicyclic) bond motifs is 8. The average molecular weight is 745 g/mol. The molecule has 0 atom stereocenters. The van der Waals surface area contributed by atoms with Crippen molar-refractivity contribution in [2.45, 2.75) is 0 Å². The Kier molecular flexibility index (Phi) is 3.76. The lowest BCUT2D eigenvalue weighted by atomic mass is 9.82. The molecule has 0 aliphatic heterocycles. The first-order chi connectivity index (χ1) is 37.4. The van der Waals surface area contributed by atoms with Gasteiger partial charge in [0, 0.05) is 10.8 Å². The summed E-state index contributed by atoms with van der Waals surface area (Å²) in [7, 11) is 0. The van der Waals surface area contributed by atoms with Crippen molar-refractivity contribution in [1.82, 2.24) is 0 Å². The van der Waals surface area contributed by atoms with Gasteiger partial charge < -0.3 is 4.42 Å². The summed E-state index contributed by atoms with van der Waals surface area (Å²) in [5, 5.41) is -0.341.